The second kappa shape index (κ2) is 6.43. The fourth-order valence-corrected chi connectivity index (χ4v) is 3.82. The normalized spacial score (nSPS) is 18.6. The Hall–Kier alpha value is -2.08. The third-order valence-electron chi connectivity index (χ3n) is 4.50. The number of carbonyl (C=O) groups excluding carboxylic acids is 1. The van der Waals surface area contributed by atoms with Gasteiger partial charge in [-0.25, -0.2) is 8.42 Å². The Morgan fingerprint density at radius 1 is 1.25 bits per heavy atom. The van der Waals surface area contributed by atoms with Gasteiger partial charge in [0.25, 0.3) is 5.91 Å². The lowest BCUT2D eigenvalue weighted by Gasteiger charge is -2.35. The average Bonchev–Trinajstić information content (AvgIpc) is 3.08. The van der Waals surface area contributed by atoms with Crippen molar-refractivity contribution in [2.45, 2.75) is 37.1 Å². The summed E-state index contributed by atoms with van der Waals surface area (Å²) in [5, 5.41) is 0. The van der Waals surface area contributed by atoms with Crippen LogP contribution in [-0.2, 0) is 9.84 Å². The molecular weight excluding hydrogens is 326 g/mol. The number of carbonyl (C=O) groups is 1. The molecular formula is C18H21NO4S. The highest BCUT2D eigenvalue weighted by molar-refractivity contribution is 7.90. The molecule has 5 nitrogen and oxygen atoms in total. The number of amides is 1. The van der Waals surface area contributed by atoms with Crippen LogP contribution in [0.1, 0.15) is 47.0 Å². The Morgan fingerprint density at radius 3 is 2.71 bits per heavy atom. The summed E-state index contributed by atoms with van der Waals surface area (Å²) in [6.45, 7) is 2.47. The van der Waals surface area contributed by atoms with Gasteiger partial charge in [0.2, 0.25) is 0 Å². The molecule has 3 rings (SSSR count). The first-order valence-electron chi connectivity index (χ1n) is 8.03. The van der Waals surface area contributed by atoms with E-state index in [0.29, 0.717) is 12.1 Å². The third kappa shape index (κ3) is 3.24. The van der Waals surface area contributed by atoms with Gasteiger partial charge in [-0.2, -0.15) is 0 Å². The summed E-state index contributed by atoms with van der Waals surface area (Å²) in [7, 11) is -3.35. The van der Waals surface area contributed by atoms with Crippen molar-refractivity contribution in [1.29, 1.82) is 0 Å². The lowest BCUT2D eigenvalue weighted by Crippen LogP contribution is -2.38. The van der Waals surface area contributed by atoms with E-state index in [4.69, 9.17) is 4.42 Å². The molecule has 0 unspecified atom stereocenters. The van der Waals surface area contributed by atoms with Gasteiger partial charge in [0.1, 0.15) is 5.76 Å². The molecule has 0 bridgehead atoms. The quantitative estimate of drug-likeness (QED) is 0.854. The first-order chi connectivity index (χ1) is 11.4. The molecule has 1 aromatic carbocycles. The molecule has 1 aliphatic heterocycles. The van der Waals surface area contributed by atoms with Crippen LogP contribution in [0.5, 0.6) is 0 Å². The van der Waals surface area contributed by atoms with E-state index in [1.807, 2.05) is 19.1 Å². The van der Waals surface area contributed by atoms with E-state index in [1.165, 1.54) is 6.07 Å². The van der Waals surface area contributed by atoms with Gasteiger partial charge >= 0.3 is 0 Å². The molecule has 2 aromatic rings. The maximum Gasteiger partial charge on any atom is 0.254 e. The van der Waals surface area contributed by atoms with Gasteiger partial charge in [-0.3, -0.25) is 4.79 Å². The number of hydrogen-bond acceptors (Lipinski definition) is 4. The van der Waals surface area contributed by atoms with Gasteiger partial charge in [0.05, 0.1) is 17.2 Å². The minimum Gasteiger partial charge on any atom is -0.467 e. The van der Waals surface area contributed by atoms with Crippen LogP contribution < -0.4 is 0 Å². The highest BCUT2D eigenvalue weighted by atomic mass is 32.2. The number of likely N-dealkylation sites (tertiary alicyclic amines) is 1. The molecule has 0 radical (unpaired) electrons. The molecule has 0 aliphatic carbocycles. The van der Waals surface area contributed by atoms with Gasteiger partial charge in [-0.05, 0) is 56.0 Å². The van der Waals surface area contributed by atoms with E-state index >= 15 is 0 Å². The molecule has 0 spiro atoms. The molecule has 1 aromatic heterocycles. The lowest BCUT2D eigenvalue weighted by molar-refractivity contribution is 0.0579. The lowest BCUT2D eigenvalue weighted by atomic mass is 9.98. The van der Waals surface area contributed by atoms with Gasteiger partial charge in [-0.15, -0.1) is 0 Å². The predicted octanol–water partition coefficient (Wildman–Crippen LogP) is 3.36. The minimum atomic E-state index is -3.35. The second-order valence-corrected chi connectivity index (χ2v) is 8.29. The number of nitrogens with zero attached hydrogens (tertiary/aromatic N) is 1. The molecule has 1 fully saturated rings. The minimum absolute atomic E-state index is 0.0949. The highest BCUT2D eigenvalue weighted by Crippen LogP contribution is 2.33. The first kappa shape index (κ1) is 16.8. The smallest absolute Gasteiger partial charge is 0.254 e. The summed E-state index contributed by atoms with van der Waals surface area (Å²) in [6.07, 6.45) is 5.59. The summed E-state index contributed by atoms with van der Waals surface area (Å²) in [5.74, 6) is 0.638. The molecule has 0 N–H and O–H groups in total. The van der Waals surface area contributed by atoms with Crippen molar-refractivity contribution in [3.8, 4) is 0 Å². The van der Waals surface area contributed by atoms with Crippen LogP contribution in [0, 0.1) is 6.92 Å². The molecule has 1 saturated heterocycles. The van der Waals surface area contributed by atoms with Crippen LogP contribution in [0.3, 0.4) is 0 Å². The van der Waals surface area contributed by atoms with Crippen LogP contribution in [0.2, 0.25) is 0 Å². The number of aryl methyl sites for hydroxylation is 1. The first-order valence-corrected chi connectivity index (χ1v) is 9.92. The van der Waals surface area contributed by atoms with Gasteiger partial charge < -0.3 is 9.32 Å². The Balaban J connectivity index is 1.98. The Morgan fingerprint density at radius 2 is 2.04 bits per heavy atom. The average molecular weight is 347 g/mol. The van der Waals surface area contributed by atoms with Crippen LogP contribution in [0.4, 0.5) is 0 Å². The number of hydrogen-bond donors (Lipinski definition) is 0. The van der Waals surface area contributed by atoms with Crippen molar-refractivity contribution in [2.75, 3.05) is 12.8 Å². The summed E-state index contributed by atoms with van der Waals surface area (Å²) in [6, 6.07) is 8.33. The van der Waals surface area contributed by atoms with Gasteiger partial charge in [-0.1, -0.05) is 6.07 Å². The maximum atomic E-state index is 13.1. The zero-order valence-electron chi connectivity index (χ0n) is 13.9. The van der Waals surface area contributed by atoms with Crippen molar-refractivity contribution >= 4 is 15.7 Å². The third-order valence-corrected chi connectivity index (χ3v) is 5.61. The van der Waals surface area contributed by atoms with Crippen LogP contribution in [0.25, 0.3) is 0 Å². The monoisotopic (exact) mass is 347 g/mol. The van der Waals surface area contributed by atoms with E-state index in [9.17, 15) is 13.2 Å². The molecule has 1 amide bonds. The molecule has 2 heterocycles. The summed E-state index contributed by atoms with van der Waals surface area (Å²) < 4.78 is 29.1. The topological polar surface area (TPSA) is 67.6 Å². The van der Waals surface area contributed by atoms with Crippen molar-refractivity contribution in [2.24, 2.45) is 0 Å². The molecule has 0 saturated carbocycles. The van der Waals surface area contributed by atoms with Gasteiger partial charge in [0, 0.05) is 18.4 Å². The number of piperidine rings is 1. The number of sulfone groups is 1. The van der Waals surface area contributed by atoms with E-state index in [0.717, 1.165) is 36.8 Å². The SMILES string of the molecule is Cc1ccc(S(C)(=O)=O)cc1C(=O)N1CCCC[C@H]1c1ccco1. The summed E-state index contributed by atoms with van der Waals surface area (Å²) >= 11 is 0. The molecule has 6 heteroatoms. The van der Waals surface area contributed by atoms with Crippen molar-refractivity contribution < 1.29 is 17.6 Å². The standard InChI is InChI=1S/C18H21NO4S/c1-13-8-9-14(24(2,21)22)12-15(13)18(20)19-10-4-3-6-16(19)17-7-5-11-23-17/h5,7-9,11-12,16H,3-4,6,10H2,1-2H3/t16-/m0/s1. The van der Waals surface area contributed by atoms with E-state index in [1.54, 1.807) is 23.3 Å². The molecule has 1 aliphatic rings. The number of furan rings is 1. The van der Waals surface area contributed by atoms with Crippen molar-refractivity contribution in [3.05, 3.63) is 53.5 Å². The highest BCUT2D eigenvalue weighted by Gasteiger charge is 2.31. The Kier molecular flexibility index (Phi) is 4.49. The molecule has 128 valence electrons. The zero-order valence-corrected chi connectivity index (χ0v) is 14.7. The van der Waals surface area contributed by atoms with Gasteiger partial charge in [0.15, 0.2) is 9.84 Å². The molecule has 24 heavy (non-hydrogen) atoms. The predicted molar refractivity (Wildman–Crippen MR) is 90.6 cm³/mol. The second-order valence-electron chi connectivity index (χ2n) is 6.27. The van der Waals surface area contributed by atoms with Crippen LogP contribution >= 0.6 is 0 Å². The van der Waals surface area contributed by atoms with Crippen molar-refractivity contribution in [1.82, 2.24) is 4.90 Å². The number of benzene rings is 1. The molecule has 1 atom stereocenters. The fraction of sp³-hybridized carbons (Fsp3) is 0.389. The maximum absolute atomic E-state index is 13.1. The van der Waals surface area contributed by atoms with Crippen LogP contribution in [0.15, 0.2) is 45.9 Å². The Labute approximate surface area is 142 Å². The van der Waals surface area contributed by atoms with E-state index in [-0.39, 0.29) is 16.8 Å². The zero-order chi connectivity index (χ0) is 17.3. The Bertz CT molecular complexity index is 840. The summed E-state index contributed by atoms with van der Waals surface area (Å²) in [4.78, 5) is 15.1. The number of rotatable bonds is 3. The fourth-order valence-electron chi connectivity index (χ4n) is 3.17. The van der Waals surface area contributed by atoms with Crippen molar-refractivity contribution in [3.63, 3.8) is 0 Å². The van der Waals surface area contributed by atoms with E-state index in [2.05, 4.69) is 0 Å². The summed E-state index contributed by atoms with van der Waals surface area (Å²) in [5.41, 5.74) is 1.22. The van der Waals surface area contributed by atoms with Crippen LogP contribution in [-0.4, -0.2) is 32.0 Å². The van der Waals surface area contributed by atoms with E-state index < -0.39 is 9.84 Å². The largest absolute Gasteiger partial charge is 0.467 e.